The van der Waals surface area contributed by atoms with Crippen molar-refractivity contribution in [3.05, 3.63) is 91.0 Å². The van der Waals surface area contributed by atoms with E-state index in [-0.39, 0.29) is 70.1 Å². The monoisotopic (exact) mass is 682 g/mol. The predicted octanol–water partition coefficient (Wildman–Crippen LogP) is 3.56. The molecular formula is C34H34N8O8. The molecule has 16 heteroatoms. The number of anilines is 2. The first kappa shape index (κ1) is 33.9. The normalized spacial score (nSPS) is 14.2. The summed E-state index contributed by atoms with van der Waals surface area (Å²) in [5.74, 6) is -2.25. The zero-order valence-electron chi connectivity index (χ0n) is 27.3. The number of imide groups is 2. The van der Waals surface area contributed by atoms with Gasteiger partial charge in [-0.3, -0.25) is 54.1 Å². The van der Waals surface area contributed by atoms with Crippen LogP contribution in [0.2, 0.25) is 0 Å². The number of nitrogen functional groups attached to an aromatic ring is 2. The fourth-order valence-corrected chi connectivity index (χ4v) is 6.73. The van der Waals surface area contributed by atoms with Crippen molar-refractivity contribution in [3.8, 4) is 0 Å². The number of benzene rings is 4. The van der Waals surface area contributed by atoms with Crippen molar-refractivity contribution in [2.75, 3.05) is 50.7 Å². The molecule has 2 aliphatic heterocycles. The molecule has 16 nitrogen and oxygen atoms in total. The quantitative estimate of drug-likeness (QED) is 0.0605. The topological polar surface area (TPSA) is 228 Å². The van der Waals surface area contributed by atoms with E-state index < -0.39 is 44.9 Å². The van der Waals surface area contributed by atoms with Crippen LogP contribution in [0.15, 0.2) is 48.5 Å². The lowest BCUT2D eigenvalue weighted by molar-refractivity contribution is -0.383. The number of rotatable bonds is 13. The van der Waals surface area contributed by atoms with Gasteiger partial charge in [-0.25, -0.2) is 0 Å². The Bertz CT molecular complexity index is 2150. The van der Waals surface area contributed by atoms with Crippen LogP contribution >= 0.6 is 0 Å². The summed E-state index contributed by atoms with van der Waals surface area (Å²) in [6, 6.07) is 11.7. The second-order valence-corrected chi connectivity index (χ2v) is 12.4. The van der Waals surface area contributed by atoms with E-state index in [1.54, 1.807) is 36.4 Å². The van der Waals surface area contributed by atoms with Gasteiger partial charge in [0.15, 0.2) is 0 Å². The maximum Gasteiger partial charge on any atom is 0.293 e. The van der Waals surface area contributed by atoms with Gasteiger partial charge in [0.2, 0.25) is 0 Å². The van der Waals surface area contributed by atoms with Crippen molar-refractivity contribution >= 4 is 67.9 Å². The van der Waals surface area contributed by atoms with E-state index in [1.165, 1.54) is 0 Å². The van der Waals surface area contributed by atoms with Crippen molar-refractivity contribution in [2.45, 2.75) is 26.3 Å². The average molecular weight is 683 g/mol. The molecule has 2 heterocycles. The molecule has 4 amide bonds. The van der Waals surface area contributed by atoms with Crippen LogP contribution in [0.3, 0.4) is 0 Å². The Morgan fingerprint density at radius 1 is 0.700 bits per heavy atom. The molecule has 4 aromatic carbocycles. The number of hydrogen-bond donors (Lipinski definition) is 3. The van der Waals surface area contributed by atoms with Crippen LogP contribution in [-0.4, -0.2) is 93.5 Å². The number of hydrogen-bond acceptors (Lipinski definition) is 12. The third kappa shape index (κ3) is 5.63. The van der Waals surface area contributed by atoms with Crippen molar-refractivity contribution in [2.24, 2.45) is 0 Å². The van der Waals surface area contributed by atoms with Gasteiger partial charge in [-0.15, -0.1) is 0 Å². The number of nitrogens with one attached hydrogen (secondary N) is 1. The van der Waals surface area contributed by atoms with Crippen molar-refractivity contribution in [3.63, 3.8) is 0 Å². The minimum atomic E-state index is -0.653. The van der Waals surface area contributed by atoms with Crippen LogP contribution in [0.5, 0.6) is 0 Å². The highest BCUT2D eigenvalue weighted by molar-refractivity contribution is 6.28. The Morgan fingerprint density at radius 2 is 1.16 bits per heavy atom. The standard InChI is InChI=1S/C34H34N8O8/c1-18(2)38(14-15-40-32(44)22-9-4-7-20-28(22)24(34(40)46)17-26(30(20)36)42(49)50)12-5-10-37-11-13-39-31(43)21-8-3-6-19-27(21)23(33(39)45)16-25(29(19)35)41(47)48/h3-4,6-9,16-18,37H,5,10-15,35-36H2,1-2H3. The zero-order chi connectivity index (χ0) is 36.0. The van der Waals surface area contributed by atoms with E-state index in [9.17, 15) is 39.4 Å². The SMILES string of the molecule is CC(C)N(CCCNCCN1C(=O)c2cccc3c(N)c([N+](=O)[O-])cc(c23)C1=O)CCN1C(=O)c2cccc3c(N)c([N+](=O)[O-])cc(c23)C1=O. The first-order chi connectivity index (χ1) is 23.8. The maximum atomic E-state index is 13.5. The summed E-state index contributed by atoms with van der Waals surface area (Å²) in [6.07, 6.45) is 0.656. The zero-order valence-corrected chi connectivity index (χ0v) is 27.3. The molecule has 0 fully saturated rings. The first-order valence-electron chi connectivity index (χ1n) is 16.0. The van der Waals surface area contributed by atoms with Gasteiger partial charge < -0.3 is 16.8 Å². The lowest BCUT2D eigenvalue weighted by atomic mass is 9.92. The summed E-state index contributed by atoms with van der Waals surface area (Å²) in [7, 11) is 0. The van der Waals surface area contributed by atoms with E-state index in [1.807, 2.05) is 13.8 Å². The van der Waals surface area contributed by atoms with Crippen LogP contribution < -0.4 is 16.8 Å². The van der Waals surface area contributed by atoms with Crippen LogP contribution in [-0.2, 0) is 0 Å². The fourth-order valence-electron chi connectivity index (χ4n) is 6.73. The Labute approximate surface area is 284 Å². The number of nitro groups is 2. The predicted molar refractivity (Wildman–Crippen MR) is 185 cm³/mol. The molecule has 0 bridgehead atoms. The van der Waals surface area contributed by atoms with Gasteiger partial charge in [-0.05, 0) is 45.5 Å². The van der Waals surface area contributed by atoms with Crippen LogP contribution in [0.1, 0.15) is 61.7 Å². The van der Waals surface area contributed by atoms with Crippen molar-refractivity contribution in [1.29, 1.82) is 0 Å². The number of nitrogens with two attached hydrogens (primary N) is 2. The van der Waals surface area contributed by atoms with Gasteiger partial charge in [0.05, 0.1) is 21.0 Å². The number of carbonyl (C=O) groups is 4. The largest absolute Gasteiger partial charge is 0.393 e. The third-order valence-electron chi connectivity index (χ3n) is 9.31. The molecule has 0 saturated heterocycles. The Morgan fingerprint density at radius 3 is 1.62 bits per heavy atom. The first-order valence-corrected chi connectivity index (χ1v) is 16.0. The summed E-state index contributed by atoms with van der Waals surface area (Å²) in [5.41, 5.74) is 11.7. The van der Waals surface area contributed by atoms with E-state index >= 15 is 0 Å². The van der Waals surface area contributed by atoms with E-state index in [0.717, 1.165) is 21.9 Å². The second-order valence-electron chi connectivity index (χ2n) is 12.4. The lowest BCUT2D eigenvalue weighted by Crippen LogP contribution is -2.46. The van der Waals surface area contributed by atoms with Crippen molar-refractivity contribution in [1.82, 2.24) is 20.0 Å². The van der Waals surface area contributed by atoms with Gasteiger partial charge in [0.25, 0.3) is 35.0 Å². The minimum Gasteiger partial charge on any atom is -0.393 e. The minimum absolute atomic E-state index is 0.0385. The van der Waals surface area contributed by atoms with E-state index in [4.69, 9.17) is 11.5 Å². The van der Waals surface area contributed by atoms with Crippen LogP contribution in [0.25, 0.3) is 21.5 Å². The highest BCUT2D eigenvalue weighted by Gasteiger charge is 2.37. The fraction of sp³-hybridized carbons (Fsp3) is 0.294. The van der Waals surface area contributed by atoms with Gasteiger partial charge in [0, 0.05) is 77.0 Å². The highest BCUT2D eigenvalue weighted by atomic mass is 16.6. The summed E-state index contributed by atoms with van der Waals surface area (Å²) in [4.78, 5) is 79.7. The summed E-state index contributed by atoms with van der Waals surface area (Å²) < 4.78 is 0. The molecule has 0 atom stereocenters. The Hall–Kier alpha value is -6.00. The van der Waals surface area contributed by atoms with E-state index in [0.29, 0.717) is 36.8 Å². The summed E-state index contributed by atoms with van der Waals surface area (Å²) >= 11 is 0. The molecule has 50 heavy (non-hydrogen) atoms. The molecule has 5 N–H and O–H groups in total. The third-order valence-corrected chi connectivity index (χ3v) is 9.31. The smallest absolute Gasteiger partial charge is 0.293 e. The van der Waals surface area contributed by atoms with Gasteiger partial charge >= 0.3 is 0 Å². The molecule has 2 aliphatic rings. The molecule has 4 aromatic rings. The molecule has 258 valence electrons. The van der Waals surface area contributed by atoms with Crippen LogP contribution in [0, 0.1) is 20.2 Å². The Kier molecular flexibility index (Phi) is 8.90. The molecule has 0 saturated carbocycles. The number of nitrogens with zero attached hydrogens (tertiary/aromatic N) is 5. The molecule has 0 aliphatic carbocycles. The molecule has 0 aromatic heterocycles. The maximum absolute atomic E-state index is 13.5. The second kappa shape index (κ2) is 13.1. The van der Waals surface area contributed by atoms with Gasteiger partial charge in [0.1, 0.15) is 11.4 Å². The molecular weight excluding hydrogens is 648 g/mol. The molecule has 0 spiro atoms. The Balaban J connectivity index is 1.05. The van der Waals surface area contributed by atoms with E-state index in [2.05, 4.69) is 10.2 Å². The molecule has 0 unspecified atom stereocenters. The van der Waals surface area contributed by atoms with Crippen molar-refractivity contribution < 1.29 is 29.0 Å². The molecule has 0 radical (unpaired) electrons. The highest BCUT2D eigenvalue weighted by Crippen LogP contribution is 2.40. The number of amides is 4. The number of carbonyl (C=O) groups excluding carboxylic acids is 4. The van der Waals surface area contributed by atoms with Gasteiger partial charge in [-0.1, -0.05) is 24.3 Å². The number of nitro benzene ring substituents is 2. The molecule has 6 rings (SSSR count). The lowest BCUT2D eigenvalue weighted by Gasteiger charge is -2.32. The van der Waals surface area contributed by atoms with Gasteiger partial charge in [-0.2, -0.15) is 0 Å². The van der Waals surface area contributed by atoms with Crippen LogP contribution in [0.4, 0.5) is 22.7 Å². The average Bonchev–Trinajstić information content (AvgIpc) is 3.08. The summed E-state index contributed by atoms with van der Waals surface area (Å²) in [6.45, 7) is 5.83. The summed E-state index contributed by atoms with van der Waals surface area (Å²) in [5, 5.41) is 27.7.